The number of H-pyrrole nitrogens is 1. The third-order valence-corrected chi connectivity index (χ3v) is 3.94. The van der Waals surface area contributed by atoms with Crippen LogP contribution in [-0.2, 0) is 11.3 Å². The molecule has 7 heteroatoms. The van der Waals surface area contributed by atoms with Crippen molar-refractivity contribution < 1.29 is 9.53 Å². The molecule has 0 atom stereocenters. The summed E-state index contributed by atoms with van der Waals surface area (Å²) in [6.07, 6.45) is 0.942. The fourth-order valence-electron chi connectivity index (χ4n) is 2.38. The molecule has 0 spiro atoms. The summed E-state index contributed by atoms with van der Waals surface area (Å²) in [4.78, 5) is 27.5. The van der Waals surface area contributed by atoms with Gasteiger partial charge >= 0.3 is 0 Å². The Labute approximate surface area is 145 Å². The summed E-state index contributed by atoms with van der Waals surface area (Å²) in [6, 6.07) is 4.97. The Morgan fingerprint density at radius 1 is 1.42 bits per heavy atom. The number of aromatic amines is 1. The van der Waals surface area contributed by atoms with Crippen LogP contribution in [0.25, 0.3) is 10.9 Å². The summed E-state index contributed by atoms with van der Waals surface area (Å²) in [5.41, 5.74) is 0.922. The highest BCUT2D eigenvalue weighted by Crippen LogP contribution is 2.11. The van der Waals surface area contributed by atoms with Gasteiger partial charge in [-0.3, -0.25) is 14.2 Å². The first-order valence-electron chi connectivity index (χ1n) is 8.10. The largest absolute Gasteiger partial charge is 0.379 e. The number of ether oxygens (including phenoxy) is 1. The number of benzene rings is 1. The molecule has 1 aromatic carbocycles. The number of hydrogen-bond acceptors (Lipinski definition) is 4. The van der Waals surface area contributed by atoms with Crippen molar-refractivity contribution in [1.82, 2.24) is 14.9 Å². The van der Waals surface area contributed by atoms with Gasteiger partial charge in [0.2, 0.25) is 0 Å². The van der Waals surface area contributed by atoms with E-state index in [0.717, 1.165) is 6.42 Å². The zero-order valence-corrected chi connectivity index (χ0v) is 15.0. The average Bonchev–Trinajstić information content (AvgIpc) is 2.53. The van der Waals surface area contributed by atoms with E-state index < -0.39 is 0 Å². The molecule has 2 aromatic rings. The number of carbonyl (C=O) groups excluding carboxylic acids is 1. The van der Waals surface area contributed by atoms with Crippen LogP contribution in [-0.4, -0.2) is 34.7 Å². The smallest absolute Gasteiger partial charge is 0.262 e. The highest BCUT2D eigenvalue weighted by atomic mass is 32.1. The predicted molar refractivity (Wildman–Crippen MR) is 97.1 cm³/mol. The Morgan fingerprint density at radius 3 is 2.83 bits per heavy atom. The number of nitrogens with one attached hydrogen (secondary N) is 2. The van der Waals surface area contributed by atoms with Crippen LogP contribution in [0.2, 0.25) is 0 Å². The molecule has 0 saturated carbocycles. The molecule has 1 amide bonds. The zero-order valence-electron chi connectivity index (χ0n) is 14.2. The molecule has 0 fully saturated rings. The van der Waals surface area contributed by atoms with Crippen molar-refractivity contribution in [3.05, 3.63) is 38.9 Å². The van der Waals surface area contributed by atoms with E-state index in [0.29, 0.717) is 40.9 Å². The maximum absolute atomic E-state index is 12.3. The molecule has 130 valence electrons. The van der Waals surface area contributed by atoms with Gasteiger partial charge in [-0.1, -0.05) is 0 Å². The lowest BCUT2D eigenvalue weighted by atomic mass is 10.1. The van der Waals surface area contributed by atoms with Crippen LogP contribution in [0, 0.1) is 4.77 Å². The lowest BCUT2D eigenvalue weighted by molar-refractivity contribution is 0.0757. The third-order valence-electron chi connectivity index (χ3n) is 3.62. The molecular weight excluding hydrogens is 326 g/mol. The van der Waals surface area contributed by atoms with Gasteiger partial charge in [-0.2, -0.15) is 0 Å². The maximum Gasteiger partial charge on any atom is 0.262 e. The molecule has 1 heterocycles. The molecular formula is C17H23N3O3S. The maximum atomic E-state index is 12.3. The van der Waals surface area contributed by atoms with E-state index >= 15 is 0 Å². The normalized spacial score (nSPS) is 11.2. The molecule has 0 radical (unpaired) electrons. The second-order valence-corrected chi connectivity index (χ2v) is 6.16. The minimum atomic E-state index is -0.180. The predicted octanol–water partition coefficient (Wildman–Crippen LogP) is 2.62. The van der Waals surface area contributed by atoms with Crippen molar-refractivity contribution >= 4 is 29.0 Å². The molecule has 0 saturated heterocycles. The summed E-state index contributed by atoms with van der Waals surface area (Å²) in [5.74, 6) is -0.180. The number of carbonyl (C=O) groups is 1. The van der Waals surface area contributed by atoms with Crippen molar-refractivity contribution in [1.29, 1.82) is 0 Å². The van der Waals surface area contributed by atoms with Crippen LogP contribution in [0.5, 0.6) is 0 Å². The number of hydrogen-bond donors (Lipinski definition) is 2. The van der Waals surface area contributed by atoms with E-state index in [4.69, 9.17) is 17.0 Å². The van der Waals surface area contributed by atoms with Crippen molar-refractivity contribution in [2.75, 3.05) is 13.2 Å². The van der Waals surface area contributed by atoms with E-state index in [2.05, 4.69) is 10.3 Å². The molecule has 24 heavy (non-hydrogen) atoms. The molecule has 0 bridgehead atoms. The number of rotatable bonds is 7. The zero-order chi connectivity index (χ0) is 17.7. The van der Waals surface area contributed by atoms with Gasteiger partial charge in [0.05, 0.1) is 17.0 Å². The summed E-state index contributed by atoms with van der Waals surface area (Å²) in [7, 11) is 0. The number of fused-ring (bicyclic) bond motifs is 1. The minimum Gasteiger partial charge on any atom is -0.379 e. The van der Waals surface area contributed by atoms with Crippen LogP contribution in [0.3, 0.4) is 0 Å². The van der Waals surface area contributed by atoms with Gasteiger partial charge in [-0.05, 0) is 57.6 Å². The Morgan fingerprint density at radius 2 is 2.17 bits per heavy atom. The fraction of sp³-hybridized carbons (Fsp3) is 0.471. The molecule has 0 aliphatic carbocycles. The molecule has 1 aromatic heterocycles. The lowest BCUT2D eigenvalue weighted by Gasteiger charge is -2.09. The Hall–Kier alpha value is -1.99. The van der Waals surface area contributed by atoms with Crippen LogP contribution >= 0.6 is 12.2 Å². The van der Waals surface area contributed by atoms with Gasteiger partial charge in [-0.25, -0.2) is 0 Å². The lowest BCUT2D eigenvalue weighted by Crippen LogP contribution is -2.26. The first-order chi connectivity index (χ1) is 11.4. The van der Waals surface area contributed by atoms with Gasteiger partial charge < -0.3 is 15.0 Å². The van der Waals surface area contributed by atoms with Gasteiger partial charge in [-0.15, -0.1) is 0 Å². The quantitative estimate of drug-likeness (QED) is 0.595. The van der Waals surface area contributed by atoms with Crippen LogP contribution in [0.4, 0.5) is 0 Å². The van der Waals surface area contributed by atoms with Gasteiger partial charge in [0.25, 0.3) is 11.5 Å². The molecule has 6 nitrogen and oxygen atoms in total. The van der Waals surface area contributed by atoms with Gasteiger partial charge in [0.1, 0.15) is 0 Å². The van der Waals surface area contributed by atoms with Crippen LogP contribution in [0.15, 0.2) is 23.0 Å². The molecule has 2 N–H and O–H groups in total. The molecule has 0 aliphatic rings. The fourth-order valence-corrected chi connectivity index (χ4v) is 2.70. The molecule has 2 rings (SSSR count). The first-order valence-corrected chi connectivity index (χ1v) is 8.51. The van der Waals surface area contributed by atoms with E-state index in [1.54, 1.807) is 18.2 Å². The average molecular weight is 349 g/mol. The van der Waals surface area contributed by atoms with Crippen molar-refractivity contribution in [2.24, 2.45) is 0 Å². The first kappa shape index (κ1) is 18.4. The summed E-state index contributed by atoms with van der Waals surface area (Å²) < 4.78 is 7.28. The Bertz CT molecular complexity index is 839. The second kappa shape index (κ2) is 8.21. The number of nitrogens with zero attached hydrogens (tertiary/aromatic N) is 1. The third kappa shape index (κ3) is 4.30. The van der Waals surface area contributed by atoms with Crippen LogP contribution in [0.1, 0.15) is 37.6 Å². The summed E-state index contributed by atoms with van der Waals surface area (Å²) >= 11 is 5.19. The molecule has 0 unspecified atom stereocenters. The van der Waals surface area contributed by atoms with Crippen molar-refractivity contribution in [3.8, 4) is 0 Å². The van der Waals surface area contributed by atoms with E-state index in [1.165, 1.54) is 4.57 Å². The Kier molecular flexibility index (Phi) is 6.28. The minimum absolute atomic E-state index is 0.144. The van der Waals surface area contributed by atoms with Crippen molar-refractivity contribution in [2.45, 2.75) is 39.8 Å². The molecule has 0 aliphatic heterocycles. The van der Waals surface area contributed by atoms with Crippen molar-refractivity contribution in [3.63, 3.8) is 0 Å². The topological polar surface area (TPSA) is 76.1 Å². The summed E-state index contributed by atoms with van der Waals surface area (Å²) in [5, 5.41) is 3.37. The van der Waals surface area contributed by atoms with Crippen LogP contribution < -0.4 is 10.9 Å². The van der Waals surface area contributed by atoms with E-state index in [1.807, 2.05) is 20.8 Å². The van der Waals surface area contributed by atoms with Gasteiger partial charge in [0.15, 0.2) is 4.77 Å². The number of aromatic nitrogens is 2. The van der Waals surface area contributed by atoms with E-state index in [-0.39, 0.29) is 17.6 Å². The SMILES string of the molecule is CCn1c(=S)[nH]c2cc(C(=O)NCCCOC(C)C)ccc2c1=O. The van der Waals surface area contributed by atoms with Gasteiger partial charge in [0, 0.05) is 25.3 Å². The number of amides is 1. The van der Waals surface area contributed by atoms with E-state index in [9.17, 15) is 9.59 Å². The summed E-state index contributed by atoms with van der Waals surface area (Å²) in [6.45, 7) is 7.47. The second-order valence-electron chi connectivity index (χ2n) is 5.77. The monoisotopic (exact) mass is 349 g/mol. The highest BCUT2D eigenvalue weighted by Gasteiger charge is 2.09. The standard InChI is InChI=1S/C17H23N3O3S/c1-4-20-16(22)13-7-6-12(10-14(13)19-17(20)24)15(21)18-8-5-9-23-11(2)3/h6-7,10-11H,4-5,8-9H2,1-3H3,(H,18,21)(H,19,24). The highest BCUT2D eigenvalue weighted by molar-refractivity contribution is 7.71. The Balaban J connectivity index is 2.12.